The lowest BCUT2D eigenvalue weighted by molar-refractivity contribution is 0.688. The van der Waals surface area contributed by atoms with E-state index in [0.717, 1.165) is 18.1 Å². The molecule has 1 nitrogen and oxygen atoms in total. The molecule has 2 aromatic rings. The van der Waals surface area contributed by atoms with Crippen LogP contribution in [0.25, 0.3) is 0 Å². The number of rotatable bonds is 4. The zero-order valence-electron chi connectivity index (χ0n) is 10.8. The third kappa shape index (κ3) is 3.34. The normalized spacial score (nSPS) is 10.6. The number of aryl methyl sites for hydroxylation is 2. The fourth-order valence-electron chi connectivity index (χ4n) is 2.06. The van der Waals surface area contributed by atoms with Gasteiger partial charge < -0.3 is 5.32 Å². The SMILES string of the molecule is Cc1cccc(C)c1CNCc1ccc(Cl)cc1. The number of hydrogen-bond acceptors (Lipinski definition) is 1. The molecular formula is C16H18ClN. The predicted octanol–water partition coefficient (Wildman–Crippen LogP) is 4.25. The van der Waals surface area contributed by atoms with E-state index in [-0.39, 0.29) is 0 Å². The van der Waals surface area contributed by atoms with Gasteiger partial charge in [-0.05, 0) is 48.2 Å². The highest BCUT2D eigenvalue weighted by Crippen LogP contribution is 2.13. The molecule has 0 unspecified atom stereocenters. The molecule has 0 aliphatic carbocycles. The molecule has 0 aliphatic heterocycles. The summed E-state index contributed by atoms with van der Waals surface area (Å²) in [5, 5.41) is 4.26. The molecule has 2 heteroatoms. The Labute approximate surface area is 114 Å². The van der Waals surface area contributed by atoms with Crippen LogP contribution in [0.3, 0.4) is 0 Å². The molecular weight excluding hydrogens is 242 g/mol. The van der Waals surface area contributed by atoms with Gasteiger partial charge >= 0.3 is 0 Å². The van der Waals surface area contributed by atoms with Crippen molar-refractivity contribution in [2.24, 2.45) is 0 Å². The highest BCUT2D eigenvalue weighted by Gasteiger charge is 2.01. The largest absolute Gasteiger partial charge is 0.309 e. The van der Waals surface area contributed by atoms with Crippen LogP contribution in [0.5, 0.6) is 0 Å². The molecule has 0 aromatic heterocycles. The summed E-state index contributed by atoms with van der Waals surface area (Å²) in [4.78, 5) is 0. The summed E-state index contributed by atoms with van der Waals surface area (Å²) < 4.78 is 0. The quantitative estimate of drug-likeness (QED) is 0.866. The van der Waals surface area contributed by atoms with E-state index >= 15 is 0 Å². The van der Waals surface area contributed by atoms with Crippen molar-refractivity contribution in [3.05, 3.63) is 69.7 Å². The molecule has 0 spiro atoms. The molecule has 0 atom stereocenters. The summed E-state index contributed by atoms with van der Waals surface area (Å²) in [5.74, 6) is 0. The van der Waals surface area contributed by atoms with Gasteiger partial charge in [-0.15, -0.1) is 0 Å². The van der Waals surface area contributed by atoms with Gasteiger partial charge in [-0.2, -0.15) is 0 Å². The molecule has 0 fully saturated rings. The standard InChI is InChI=1S/C16H18ClN/c1-12-4-3-5-13(2)16(12)11-18-10-14-6-8-15(17)9-7-14/h3-9,18H,10-11H2,1-2H3. The van der Waals surface area contributed by atoms with E-state index in [1.165, 1.54) is 22.3 Å². The Kier molecular flexibility index (Phi) is 4.40. The Morgan fingerprint density at radius 1 is 0.889 bits per heavy atom. The van der Waals surface area contributed by atoms with Crippen molar-refractivity contribution in [1.82, 2.24) is 5.32 Å². The number of benzene rings is 2. The first kappa shape index (κ1) is 13.1. The zero-order chi connectivity index (χ0) is 13.0. The Hall–Kier alpha value is -1.31. The Morgan fingerprint density at radius 3 is 2.11 bits per heavy atom. The van der Waals surface area contributed by atoms with Crippen molar-refractivity contribution in [2.45, 2.75) is 26.9 Å². The van der Waals surface area contributed by atoms with Crippen molar-refractivity contribution in [3.8, 4) is 0 Å². The molecule has 0 heterocycles. The Balaban J connectivity index is 1.94. The number of halogens is 1. The average molecular weight is 260 g/mol. The summed E-state index contributed by atoms with van der Waals surface area (Å²) in [6.45, 7) is 6.09. The second-order valence-corrected chi connectivity index (χ2v) is 5.04. The van der Waals surface area contributed by atoms with Gasteiger partial charge in [-0.1, -0.05) is 41.9 Å². The van der Waals surface area contributed by atoms with Crippen LogP contribution < -0.4 is 5.32 Å². The van der Waals surface area contributed by atoms with E-state index in [1.807, 2.05) is 12.1 Å². The maximum absolute atomic E-state index is 5.86. The maximum Gasteiger partial charge on any atom is 0.0406 e. The molecule has 2 rings (SSSR count). The number of hydrogen-bond donors (Lipinski definition) is 1. The highest BCUT2D eigenvalue weighted by atomic mass is 35.5. The summed E-state index contributed by atoms with van der Waals surface area (Å²) in [6, 6.07) is 14.4. The lowest BCUT2D eigenvalue weighted by Crippen LogP contribution is -2.14. The van der Waals surface area contributed by atoms with Crippen LogP contribution in [0.15, 0.2) is 42.5 Å². The molecule has 0 saturated heterocycles. The van der Waals surface area contributed by atoms with Crippen LogP contribution >= 0.6 is 11.6 Å². The van der Waals surface area contributed by atoms with Gasteiger partial charge in [0.05, 0.1) is 0 Å². The van der Waals surface area contributed by atoms with Gasteiger partial charge in [-0.25, -0.2) is 0 Å². The summed E-state index contributed by atoms with van der Waals surface area (Å²) in [5.41, 5.74) is 5.34. The molecule has 0 saturated carbocycles. The van der Waals surface area contributed by atoms with E-state index in [1.54, 1.807) is 0 Å². The molecule has 0 bridgehead atoms. The van der Waals surface area contributed by atoms with E-state index in [9.17, 15) is 0 Å². The van der Waals surface area contributed by atoms with Crippen LogP contribution in [0.4, 0.5) is 0 Å². The molecule has 0 radical (unpaired) electrons. The second-order valence-electron chi connectivity index (χ2n) is 4.60. The predicted molar refractivity (Wildman–Crippen MR) is 77.9 cm³/mol. The van der Waals surface area contributed by atoms with Crippen LogP contribution in [0, 0.1) is 13.8 Å². The number of nitrogens with one attached hydrogen (secondary N) is 1. The lowest BCUT2D eigenvalue weighted by Gasteiger charge is -2.11. The van der Waals surface area contributed by atoms with Gasteiger partial charge in [-0.3, -0.25) is 0 Å². The van der Waals surface area contributed by atoms with Gasteiger partial charge in [0, 0.05) is 18.1 Å². The third-order valence-corrected chi connectivity index (χ3v) is 3.44. The minimum Gasteiger partial charge on any atom is -0.309 e. The van der Waals surface area contributed by atoms with Crippen molar-refractivity contribution in [2.75, 3.05) is 0 Å². The molecule has 0 amide bonds. The zero-order valence-corrected chi connectivity index (χ0v) is 11.6. The van der Waals surface area contributed by atoms with E-state index in [4.69, 9.17) is 11.6 Å². The van der Waals surface area contributed by atoms with E-state index in [0.29, 0.717) is 0 Å². The summed E-state index contributed by atoms with van der Waals surface area (Å²) >= 11 is 5.86. The first-order chi connectivity index (χ1) is 8.66. The fourth-order valence-corrected chi connectivity index (χ4v) is 2.19. The molecule has 2 aromatic carbocycles. The van der Waals surface area contributed by atoms with Gasteiger partial charge in [0.25, 0.3) is 0 Å². The van der Waals surface area contributed by atoms with E-state index < -0.39 is 0 Å². The van der Waals surface area contributed by atoms with Crippen molar-refractivity contribution >= 4 is 11.6 Å². The van der Waals surface area contributed by atoms with Crippen molar-refractivity contribution in [1.29, 1.82) is 0 Å². The lowest BCUT2D eigenvalue weighted by atomic mass is 10.0. The summed E-state index contributed by atoms with van der Waals surface area (Å²) in [7, 11) is 0. The first-order valence-electron chi connectivity index (χ1n) is 6.17. The Bertz CT molecular complexity index is 497. The van der Waals surface area contributed by atoms with Gasteiger partial charge in [0.2, 0.25) is 0 Å². The molecule has 0 aliphatic rings. The van der Waals surface area contributed by atoms with Crippen LogP contribution in [-0.4, -0.2) is 0 Å². The minimum absolute atomic E-state index is 0.786. The monoisotopic (exact) mass is 259 g/mol. The minimum atomic E-state index is 0.786. The van der Waals surface area contributed by atoms with Gasteiger partial charge in [0.15, 0.2) is 0 Å². The topological polar surface area (TPSA) is 12.0 Å². The maximum atomic E-state index is 5.86. The average Bonchev–Trinajstić information content (AvgIpc) is 2.35. The summed E-state index contributed by atoms with van der Waals surface area (Å²) in [6.07, 6.45) is 0. The van der Waals surface area contributed by atoms with Gasteiger partial charge in [0.1, 0.15) is 0 Å². The molecule has 1 N–H and O–H groups in total. The molecule has 94 valence electrons. The van der Waals surface area contributed by atoms with Crippen molar-refractivity contribution in [3.63, 3.8) is 0 Å². The van der Waals surface area contributed by atoms with Crippen molar-refractivity contribution < 1.29 is 0 Å². The van der Waals surface area contributed by atoms with E-state index in [2.05, 4.69) is 49.5 Å². The third-order valence-electron chi connectivity index (χ3n) is 3.19. The Morgan fingerprint density at radius 2 is 1.50 bits per heavy atom. The smallest absolute Gasteiger partial charge is 0.0406 e. The van der Waals surface area contributed by atoms with Crippen LogP contribution in [0.2, 0.25) is 5.02 Å². The molecule has 18 heavy (non-hydrogen) atoms. The highest BCUT2D eigenvalue weighted by molar-refractivity contribution is 6.30. The fraction of sp³-hybridized carbons (Fsp3) is 0.250. The first-order valence-corrected chi connectivity index (χ1v) is 6.55. The van der Waals surface area contributed by atoms with Crippen LogP contribution in [0.1, 0.15) is 22.3 Å². The van der Waals surface area contributed by atoms with Crippen LogP contribution in [-0.2, 0) is 13.1 Å². The second kappa shape index (κ2) is 6.03.